The van der Waals surface area contributed by atoms with Crippen molar-refractivity contribution < 1.29 is 31.6 Å². The second kappa shape index (κ2) is 15.8. The molecule has 0 saturated heterocycles. The van der Waals surface area contributed by atoms with Crippen LogP contribution in [-0.2, 0) is 28.6 Å². The van der Waals surface area contributed by atoms with Gasteiger partial charge in [0.15, 0.2) is 0 Å². The van der Waals surface area contributed by atoms with Crippen LogP contribution in [0.15, 0.2) is 71.8 Å². The largest absolute Gasteiger partial charge is 0.475 e. The SMILES string of the molecule is Cc1ccc(S(=O)(=O)OCCOCCOCCOc2ccc(C=Cc3ccc(N(C)[B]C=O)cc3)cn2)cc1. The van der Waals surface area contributed by atoms with Gasteiger partial charge in [0, 0.05) is 18.0 Å². The summed E-state index contributed by atoms with van der Waals surface area (Å²) in [5, 5.41) is 0. The smallest absolute Gasteiger partial charge is 0.328 e. The molecular formula is C28H32BN2O7S. The fourth-order valence-corrected chi connectivity index (χ4v) is 4.16. The van der Waals surface area contributed by atoms with Crippen LogP contribution in [0.4, 0.5) is 5.69 Å². The van der Waals surface area contributed by atoms with Crippen LogP contribution >= 0.6 is 0 Å². The highest BCUT2D eigenvalue weighted by Gasteiger charge is 2.14. The fraction of sp³-hybridized carbons (Fsp3) is 0.286. The Balaban J connectivity index is 1.25. The molecule has 1 radical (unpaired) electrons. The summed E-state index contributed by atoms with van der Waals surface area (Å²) in [6.07, 6.45) is 6.42. The van der Waals surface area contributed by atoms with E-state index < -0.39 is 10.1 Å². The topological polar surface area (TPSA) is 104 Å². The number of aromatic nitrogens is 1. The van der Waals surface area contributed by atoms with Gasteiger partial charge in [-0.15, -0.1) is 0 Å². The van der Waals surface area contributed by atoms with E-state index in [2.05, 4.69) is 4.98 Å². The fourth-order valence-electron chi connectivity index (χ4n) is 3.27. The van der Waals surface area contributed by atoms with Crippen molar-refractivity contribution in [1.29, 1.82) is 0 Å². The highest BCUT2D eigenvalue weighted by molar-refractivity contribution is 7.86. The molecule has 0 atom stereocenters. The Labute approximate surface area is 230 Å². The highest BCUT2D eigenvalue weighted by Crippen LogP contribution is 2.16. The third kappa shape index (κ3) is 10.6. The molecule has 0 aliphatic rings. The molecule has 39 heavy (non-hydrogen) atoms. The van der Waals surface area contributed by atoms with E-state index in [0.717, 1.165) is 28.6 Å². The molecule has 0 amide bonds. The summed E-state index contributed by atoms with van der Waals surface area (Å²) in [5.74, 6) is 0.498. The lowest BCUT2D eigenvalue weighted by atomic mass is 9.94. The van der Waals surface area contributed by atoms with Crippen molar-refractivity contribution in [2.24, 2.45) is 0 Å². The monoisotopic (exact) mass is 551 g/mol. The predicted octanol–water partition coefficient (Wildman–Crippen LogP) is 3.62. The van der Waals surface area contributed by atoms with E-state index in [4.69, 9.17) is 18.4 Å². The van der Waals surface area contributed by atoms with E-state index in [0.29, 0.717) is 32.3 Å². The van der Waals surface area contributed by atoms with Gasteiger partial charge in [-0.05, 0) is 55.4 Å². The first-order chi connectivity index (χ1) is 18.9. The number of rotatable bonds is 17. The summed E-state index contributed by atoms with van der Waals surface area (Å²) in [7, 11) is -0.500. The molecule has 2 aromatic carbocycles. The molecule has 0 spiro atoms. The first-order valence-electron chi connectivity index (χ1n) is 12.4. The van der Waals surface area contributed by atoms with Crippen molar-refractivity contribution in [1.82, 2.24) is 4.98 Å². The summed E-state index contributed by atoms with van der Waals surface area (Å²) < 4.78 is 45.6. The second-order valence-electron chi connectivity index (χ2n) is 8.41. The molecule has 0 saturated carbocycles. The lowest BCUT2D eigenvalue weighted by molar-refractivity contribution is 0.0275. The van der Waals surface area contributed by atoms with E-state index >= 15 is 0 Å². The van der Waals surface area contributed by atoms with Gasteiger partial charge in [-0.3, -0.25) is 4.18 Å². The van der Waals surface area contributed by atoms with Crippen molar-refractivity contribution >= 4 is 41.6 Å². The number of anilines is 1. The summed E-state index contributed by atoms with van der Waals surface area (Å²) in [5.41, 5.74) is 3.86. The van der Waals surface area contributed by atoms with Gasteiger partial charge in [-0.2, -0.15) is 8.42 Å². The van der Waals surface area contributed by atoms with Gasteiger partial charge in [-0.25, -0.2) is 4.98 Å². The summed E-state index contributed by atoms with van der Waals surface area (Å²) in [6.45, 7) is 3.30. The maximum atomic E-state index is 12.1. The van der Waals surface area contributed by atoms with E-state index in [1.807, 2.05) is 56.5 Å². The van der Waals surface area contributed by atoms with Crippen LogP contribution in [0.25, 0.3) is 12.2 Å². The normalized spacial score (nSPS) is 11.4. The average Bonchev–Trinajstić information content (AvgIpc) is 2.94. The van der Waals surface area contributed by atoms with Crippen LogP contribution in [0, 0.1) is 6.92 Å². The number of aryl methyl sites for hydroxylation is 1. The summed E-state index contributed by atoms with van der Waals surface area (Å²) in [6, 6.07) is 18.0. The molecule has 0 N–H and O–H groups in total. The highest BCUT2D eigenvalue weighted by atomic mass is 32.2. The van der Waals surface area contributed by atoms with Gasteiger partial charge in [0.05, 0.1) is 37.9 Å². The minimum atomic E-state index is -3.78. The van der Waals surface area contributed by atoms with Crippen LogP contribution in [0.2, 0.25) is 0 Å². The summed E-state index contributed by atoms with van der Waals surface area (Å²) in [4.78, 5) is 16.8. The van der Waals surface area contributed by atoms with E-state index in [1.54, 1.807) is 29.2 Å². The average molecular weight is 551 g/mol. The van der Waals surface area contributed by atoms with Crippen molar-refractivity contribution in [3.05, 3.63) is 83.6 Å². The Morgan fingerprint density at radius 1 is 0.821 bits per heavy atom. The van der Waals surface area contributed by atoms with E-state index in [9.17, 15) is 13.2 Å². The minimum absolute atomic E-state index is 0.0681. The Kier molecular flexibility index (Phi) is 12.2. The zero-order valence-corrected chi connectivity index (χ0v) is 22.9. The van der Waals surface area contributed by atoms with E-state index in [1.165, 1.54) is 19.5 Å². The van der Waals surface area contributed by atoms with Gasteiger partial charge in [0.2, 0.25) is 5.88 Å². The molecule has 0 aliphatic carbocycles. The molecule has 11 heteroatoms. The molecule has 9 nitrogen and oxygen atoms in total. The maximum absolute atomic E-state index is 12.1. The summed E-state index contributed by atoms with van der Waals surface area (Å²) >= 11 is 0. The zero-order valence-electron chi connectivity index (χ0n) is 22.1. The van der Waals surface area contributed by atoms with Gasteiger partial charge >= 0.3 is 7.41 Å². The second-order valence-corrected chi connectivity index (χ2v) is 10.0. The Morgan fingerprint density at radius 3 is 2.08 bits per heavy atom. The molecule has 1 heterocycles. The first kappa shape index (κ1) is 30.0. The Hall–Kier alpha value is -3.51. The van der Waals surface area contributed by atoms with Gasteiger partial charge < -0.3 is 23.8 Å². The molecule has 0 unspecified atom stereocenters. The molecule has 0 aliphatic heterocycles. The number of nitrogens with zero attached hydrogens (tertiary/aromatic N) is 2. The van der Waals surface area contributed by atoms with Gasteiger partial charge in [0.25, 0.3) is 10.1 Å². The first-order valence-corrected chi connectivity index (χ1v) is 13.8. The molecule has 1 aromatic heterocycles. The van der Waals surface area contributed by atoms with Crippen LogP contribution in [0.3, 0.4) is 0 Å². The minimum Gasteiger partial charge on any atom is -0.475 e. The zero-order chi connectivity index (χ0) is 27.9. The molecule has 0 fully saturated rings. The number of hydrogen-bond acceptors (Lipinski definition) is 9. The van der Waals surface area contributed by atoms with Crippen molar-refractivity contribution in [2.45, 2.75) is 11.8 Å². The van der Waals surface area contributed by atoms with Gasteiger partial charge in [-0.1, -0.05) is 42.0 Å². The van der Waals surface area contributed by atoms with Gasteiger partial charge in [0.1, 0.15) is 12.8 Å². The molecule has 3 rings (SSSR count). The molecule has 0 bridgehead atoms. The van der Waals surface area contributed by atoms with Crippen LogP contribution < -0.4 is 9.55 Å². The Morgan fingerprint density at radius 2 is 1.44 bits per heavy atom. The predicted molar refractivity (Wildman–Crippen MR) is 152 cm³/mol. The number of carbonyl (C=O) groups excluding carboxylic acids is 1. The quantitative estimate of drug-likeness (QED) is 0.108. The number of benzene rings is 2. The van der Waals surface area contributed by atoms with Crippen molar-refractivity contribution in [3.63, 3.8) is 0 Å². The third-order valence-corrected chi connectivity index (χ3v) is 6.76. The van der Waals surface area contributed by atoms with Crippen LogP contribution in [-0.4, -0.2) is 73.7 Å². The third-order valence-electron chi connectivity index (χ3n) is 5.44. The van der Waals surface area contributed by atoms with Crippen molar-refractivity contribution in [2.75, 3.05) is 51.5 Å². The lowest BCUT2D eigenvalue weighted by Crippen LogP contribution is -2.23. The molecular weight excluding hydrogens is 519 g/mol. The Bertz CT molecular complexity index is 1280. The number of carbonyl (C=O) groups is 1. The van der Waals surface area contributed by atoms with Crippen LogP contribution in [0.1, 0.15) is 16.7 Å². The van der Waals surface area contributed by atoms with Crippen molar-refractivity contribution in [3.8, 4) is 5.88 Å². The molecule has 3 aromatic rings. The standard InChI is InChI=1S/C28H32BN2O7S/c1-23-3-12-27(13-4-23)39(33,34)38-20-18-36-16-15-35-17-19-37-28-14-9-25(21-30-28)6-5-24-7-10-26(11-8-24)31(2)29-22-32/h3-14,21-22H,15-20H2,1-2H3. The van der Waals surface area contributed by atoms with E-state index in [-0.39, 0.29) is 18.1 Å². The van der Waals surface area contributed by atoms with Crippen LogP contribution in [0.5, 0.6) is 5.88 Å². The number of hydrogen-bond donors (Lipinski definition) is 0. The maximum Gasteiger partial charge on any atom is 0.328 e. The lowest BCUT2D eigenvalue weighted by Gasteiger charge is -2.15. The number of ether oxygens (including phenoxy) is 3. The molecule has 205 valence electrons. The number of pyridine rings is 1.